The molecule has 1 heterocycles. The van der Waals surface area contributed by atoms with Gasteiger partial charge in [0.25, 0.3) is 12.4 Å². The minimum Gasteiger partial charge on any atom is -0.464 e. The molecule has 7 heteroatoms. The lowest BCUT2D eigenvalue weighted by Crippen LogP contribution is -2.14. The van der Waals surface area contributed by atoms with Crippen LogP contribution in [0.25, 0.3) is 0 Å². The van der Waals surface area contributed by atoms with Crippen molar-refractivity contribution in [2.75, 3.05) is 10.6 Å². The van der Waals surface area contributed by atoms with Crippen molar-refractivity contribution >= 4 is 23.8 Å². The van der Waals surface area contributed by atoms with Crippen LogP contribution < -0.4 is 20.1 Å². The van der Waals surface area contributed by atoms with E-state index in [9.17, 15) is 9.59 Å². The molecular weight excluding hydrogens is 528 g/mol. The van der Waals surface area contributed by atoms with E-state index in [4.69, 9.17) is 13.9 Å². The molecule has 0 radical (unpaired) electrons. The summed E-state index contributed by atoms with van der Waals surface area (Å²) in [6.07, 6.45) is 0.505. The van der Waals surface area contributed by atoms with Crippen LogP contribution in [0.1, 0.15) is 52.8 Å². The lowest BCUT2D eigenvalue weighted by atomic mass is 9.93. The quantitative estimate of drug-likeness (QED) is 0.150. The Morgan fingerprint density at radius 2 is 1.50 bits per heavy atom. The van der Waals surface area contributed by atoms with Crippen LogP contribution in [0.4, 0.5) is 11.4 Å². The third kappa shape index (κ3) is 7.26. The molecule has 0 unspecified atom stereocenters. The molecule has 0 fully saturated rings. The highest BCUT2D eigenvalue weighted by molar-refractivity contribution is 6.05. The largest absolute Gasteiger partial charge is 0.464 e. The highest BCUT2D eigenvalue weighted by Crippen LogP contribution is 2.34. The molecule has 212 valence electrons. The Bertz CT molecular complexity index is 1630. The number of amides is 1. The molecule has 5 aromatic rings. The van der Waals surface area contributed by atoms with Crippen LogP contribution in [0, 0.1) is 0 Å². The highest BCUT2D eigenvalue weighted by atomic mass is 16.5. The maximum Gasteiger partial charge on any atom is 0.298 e. The molecule has 0 saturated heterocycles. The van der Waals surface area contributed by atoms with Gasteiger partial charge >= 0.3 is 0 Å². The Morgan fingerprint density at radius 3 is 2.19 bits per heavy atom. The third-order valence-corrected chi connectivity index (χ3v) is 6.70. The van der Waals surface area contributed by atoms with Crippen molar-refractivity contribution in [2.45, 2.75) is 32.7 Å². The second-order valence-electron chi connectivity index (χ2n) is 10.1. The minimum absolute atomic E-state index is 0.143. The van der Waals surface area contributed by atoms with Crippen molar-refractivity contribution in [3.63, 3.8) is 0 Å². The number of ether oxygens (including phenoxy) is 2. The Kier molecular flexibility index (Phi) is 8.99. The van der Waals surface area contributed by atoms with Gasteiger partial charge in [0.2, 0.25) is 0 Å². The third-order valence-electron chi connectivity index (χ3n) is 6.70. The van der Waals surface area contributed by atoms with E-state index >= 15 is 0 Å². The van der Waals surface area contributed by atoms with E-state index in [0.717, 1.165) is 28.3 Å². The lowest BCUT2D eigenvalue weighted by Gasteiger charge is -2.18. The van der Waals surface area contributed by atoms with Gasteiger partial charge in [-0.1, -0.05) is 50.2 Å². The van der Waals surface area contributed by atoms with E-state index in [2.05, 4.69) is 24.5 Å². The molecule has 0 bridgehead atoms. The van der Waals surface area contributed by atoms with Crippen LogP contribution in [-0.2, 0) is 17.8 Å². The number of hydrogen-bond acceptors (Lipinski definition) is 6. The number of carbonyl (C=O) groups is 2. The van der Waals surface area contributed by atoms with Crippen LogP contribution in [0.15, 0.2) is 114 Å². The Labute approximate surface area is 245 Å². The fourth-order valence-corrected chi connectivity index (χ4v) is 4.61. The van der Waals surface area contributed by atoms with Crippen LogP contribution in [0.3, 0.4) is 0 Å². The number of nitrogens with one attached hydrogen (secondary N) is 2. The van der Waals surface area contributed by atoms with Crippen molar-refractivity contribution < 1.29 is 23.5 Å². The first-order chi connectivity index (χ1) is 20.5. The van der Waals surface area contributed by atoms with Crippen molar-refractivity contribution in [3.05, 3.63) is 137 Å². The Balaban J connectivity index is 1.31. The molecule has 2 N–H and O–H groups in total. The smallest absolute Gasteiger partial charge is 0.298 e. The molecule has 1 amide bonds. The summed E-state index contributed by atoms with van der Waals surface area (Å²) in [5.41, 5.74) is 3.82. The van der Waals surface area contributed by atoms with Crippen LogP contribution >= 0.6 is 0 Å². The lowest BCUT2D eigenvalue weighted by molar-refractivity contribution is -0.120. The summed E-state index contributed by atoms with van der Waals surface area (Å²) < 4.78 is 17.2. The first kappa shape index (κ1) is 28.2. The average Bonchev–Trinajstić information content (AvgIpc) is 3.46. The van der Waals surface area contributed by atoms with E-state index in [1.165, 1.54) is 0 Å². The maximum absolute atomic E-state index is 13.1. The number of carbonyl (C=O) groups excluding carboxylic acids is 2. The van der Waals surface area contributed by atoms with Gasteiger partial charge in [-0.25, -0.2) is 0 Å². The number of para-hydroxylation sites is 2. The zero-order valence-electron chi connectivity index (χ0n) is 23.5. The number of hydrogen-bond donors (Lipinski definition) is 2. The molecule has 5 rings (SSSR count). The van der Waals surface area contributed by atoms with Gasteiger partial charge in [0.1, 0.15) is 23.0 Å². The van der Waals surface area contributed by atoms with Crippen LogP contribution in [0.2, 0.25) is 0 Å². The fraction of sp³-hybridized carbons (Fsp3) is 0.143. The Hall–Kier alpha value is -5.30. The summed E-state index contributed by atoms with van der Waals surface area (Å²) in [5, 5.41) is 6.25. The summed E-state index contributed by atoms with van der Waals surface area (Å²) >= 11 is 0. The van der Waals surface area contributed by atoms with E-state index < -0.39 is 0 Å². The predicted molar refractivity (Wildman–Crippen MR) is 163 cm³/mol. The first-order valence-corrected chi connectivity index (χ1v) is 13.8. The fourth-order valence-electron chi connectivity index (χ4n) is 4.61. The molecule has 42 heavy (non-hydrogen) atoms. The molecule has 7 nitrogen and oxygen atoms in total. The van der Waals surface area contributed by atoms with Crippen LogP contribution in [-0.4, -0.2) is 12.4 Å². The molecule has 0 atom stereocenters. The predicted octanol–water partition coefficient (Wildman–Crippen LogP) is 8.19. The maximum atomic E-state index is 13.1. The molecule has 0 aliphatic carbocycles. The zero-order valence-corrected chi connectivity index (χ0v) is 23.5. The standard InChI is InChI=1S/C35H32N2O5/c1-24(2)32-21-33(37-35(39)25-13-15-29(16-14-25)41-28-11-7-4-8-12-28)34(40-23-38)20-26(32)19-30-17-18-31(42-30)22-36-27-9-5-3-6-10-27/h3-18,20-21,23-24,36H,19,22H2,1-2H3,(H,37,39). The van der Waals surface area contributed by atoms with Gasteiger partial charge in [0.15, 0.2) is 5.75 Å². The second-order valence-corrected chi connectivity index (χ2v) is 10.1. The number of anilines is 2. The molecule has 0 aliphatic rings. The van der Waals surface area contributed by atoms with Gasteiger partial charge in [-0.15, -0.1) is 0 Å². The van der Waals surface area contributed by atoms with E-state index in [-0.39, 0.29) is 17.6 Å². The molecule has 0 spiro atoms. The number of rotatable bonds is 12. The van der Waals surface area contributed by atoms with Gasteiger partial charge in [0, 0.05) is 17.7 Å². The van der Waals surface area contributed by atoms with Crippen molar-refractivity contribution in [1.82, 2.24) is 0 Å². The number of furan rings is 1. The van der Waals surface area contributed by atoms with E-state index in [1.54, 1.807) is 30.3 Å². The minimum atomic E-state index is -0.332. The average molecular weight is 561 g/mol. The van der Waals surface area contributed by atoms with Crippen molar-refractivity contribution in [2.24, 2.45) is 0 Å². The molecule has 0 saturated carbocycles. The summed E-state index contributed by atoms with van der Waals surface area (Å²) in [7, 11) is 0. The molecular formula is C35H32N2O5. The summed E-state index contributed by atoms with van der Waals surface area (Å²) in [5.74, 6) is 3.00. The molecule has 1 aromatic heterocycles. The topological polar surface area (TPSA) is 89.8 Å². The van der Waals surface area contributed by atoms with Gasteiger partial charge in [0.05, 0.1) is 12.2 Å². The van der Waals surface area contributed by atoms with Gasteiger partial charge in [-0.05, 0) is 89.8 Å². The monoisotopic (exact) mass is 560 g/mol. The second kappa shape index (κ2) is 13.4. The summed E-state index contributed by atoms with van der Waals surface area (Å²) in [6.45, 7) is 5.08. The van der Waals surface area contributed by atoms with Crippen LogP contribution in [0.5, 0.6) is 17.2 Å². The van der Waals surface area contributed by atoms with E-state index in [0.29, 0.717) is 42.2 Å². The van der Waals surface area contributed by atoms with Gasteiger partial charge in [-0.2, -0.15) is 0 Å². The number of benzene rings is 4. The van der Waals surface area contributed by atoms with Crippen molar-refractivity contribution in [1.29, 1.82) is 0 Å². The van der Waals surface area contributed by atoms with Gasteiger partial charge in [-0.3, -0.25) is 9.59 Å². The molecule has 0 aliphatic heterocycles. The zero-order chi connectivity index (χ0) is 29.3. The normalized spacial score (nSPS) is 10.7. The van der Waals surface area contributed by atoms with Gasteiger partial charge < -0.3 is 24.5 Å². The van der Waals surface area contributed by atoms with E-state index in [1.807, 2.05) is 78.9 Å². The first-order valence-electron chi connectivity index (χ1n) is 13.8. The molecule has 4 aromatic carbocycles. The highest BCUT2D eigenvalue weighted by Gasteiger charge is 2.18. The SMILES string of the molecule is CC(C)c1cc(NC(=O)c2ccc(Oc3ccccc3)cc2)c(OC=O)cc1Cc1ccc(CNc2ccccc2)o1. The van der Waals surface area contributed by atoms with Crippen molar-refractivity contribution in [3.8, 4) is 17.2 Å². The Morgan fingerprint density at radius 1 is 0.833 bits per heavy atom. The summed E-state index contributed by atoms with van der Waals surface area (Å²) in [6, 6.07) is 33.8. The summed E-state index contributed by atoms with van der Waals surface area (Å²) in [4.78, 5) is 24.5.